The van der Waals surface area contributed by atoms with Crippen molar-refractivity contribution in [3.8, 4) is 22.3 Å². The molecule has 45 heavy (non-hydrogen) atoms. The molecule has 1 aliphatic carbocycles. The molecule has 0 saturated carbocycles. The summed E-state index contributed by atoms with van der Waals surface area (Å²) in [5, 5.41) is 2.57. The van der Waals surface area contributed by atoms with Gasteiger partial charge < -0.3 is 0 Å². The normalized spacial score (nSPS) is 16.8. The fourth-order valence-corrected chi connectivity index (χ4v) is 24.0. The minimum atomic E-state index is -4.96. The molecule has 0 fully saturated rings. The van der Waals surface area contributed by atoms with E-state index in [0.717, 1.165) is 32.1 Å². The van der Waals surface area contributed by atoms with Crippen molar-refractivity contribution in [2.75, 3.05) is 0 Å². The van der Waals surface area contributed by atoms with Crippen molar-refractivity contribution >= 4 is 46.3 Å². The summed E-state index contributed by atoms with van der Waals surface area (Å²) in [5.74, 6) is -0.184. The molecular formula is C35H30Cl2F6SiZr. The van der Waals surface area contributed by atoms with Crippen LogP contribution < -0.4 is 13.6 Å². The molecule has 0 aromatic heterocycles. The van der Waals surface area contributed by atoms with Gasteiger partial charge in [0.15, 0.2) is 0 Å². The number of benzene rings is 4. The summed E-state index contributed by atoms with van der Waals surface area (Å²) in [6.07, 6.45) is -7.98. The number of alkyl halides is 6. The summed E-state index contributed by atoms with van der Waals surface area (Å²) in [6.45, 7) is 7.81. The molecule has 0 N–H and O–H groups in total. The molecule has 0 bridgehead atoms. The van der Waals surface area contributed by atoms with Gasteiger partial charge in [-0.1, -0.05) is 0 Å². The van der Waals surface area contributed by atoms with Gasteiger partial charge >= 0.3 is 274 Å². The van der Waals surface area contributed by atoms with Crippen molar-refractivity contribution < 1.29 is 44.2 Å². The molecule has 4 aromatic carbocycles. The van der Waals surface area contributed by atoms with E-state index in [4.69, 9.17) is 17.0 Å². The first-order valence-electron chi connectivity index (χ1n) is 14.8. The van der Waals surface area contributed by atoms with E-state index in [1.54, 1.807) is 0 Å². The van der Waals surface area contributed by atoms with E-state index in [2.05, 4.69) is 18.2 Å². The van der Waals surface area contributed by atoms with Gasteiger partial charge in [-0.2, -0.15) is 0 Å². The zero-order chi connectivity index (χ0) is 32.6. The summed E-state index contributed by atoms with van der Waals surface area (Å²) < 4.78 is 84.4. The summed E-state index contributed by atoms with van der Waals surface area (Å²) >= 11 is -4.42. The Morgan fingerprint density at radius 2 is 1.36 bits per heavy atom. The van der Waals surface area contributed by atoms with Gasteiger partial charge in [0.05, 0.1) is 0 Å². The van der Waals surface area contributed by atoms with Crippen molar-refractivity contribution in [2.45, 2.75) is 49.6 Å². The second-order valence-electron chi connectivity index (χ2n) is 12.5. The number of rotatable bonds is 5. The van der Waals surface area contributed by atoms with Crippen LogP contribution in [0.5, 0.6) is 0 Å². The van der Waals surface area contributed by atoms with E-state index in [1.165, 1.54) is 15.9 Å². The Kier molecular flexibility index (Phi) is 8.41. The first-order chi connectivity index (χ1) is 21.0. The van der Waals surface area contributed by atoms with Crippen LogP contribution in [0.1, 0.15) is 65.1 Å². The van der Waals surface area contributed by atoms with Gasteiger partial charge in [-0.3, -0.25) is 0 Å². The van der Waals surface area contributed by atoms with Gasteiger partial charge in [0.1, 0.15) is 0 Å². The number of hydrogen-bond acceptors (Lipinski definition) is 0. The van der Waals surface area contributed by atoms with E-state index < -0.39 is 50.9 Å². The van der Waals surface area contributed by atoms with Crippen LogP contribution >= 0.6 is 17.0 Å². The molecule has 0 amide bonds. The molecule has 6 rings (SSSR count). The molecule has 4 aromatic rings. The molecule has 10 heteroatoms. The monoisotopic (exact) mass is 752 g/mol. The Balaban J connectivity index is 1.59. The topological polar surface area (TPSA) is 0 Å². The second-order valence-corrected chi connectivity index (χ2v) is 28.3. The Labute approximate surface area is 272 Å². The van der Waals surface area contributed by atoms with Crippen LogP contribution in [0.3, 0.4) is 0 Å². The van der Waals surface area contributed by atoms with Gasteiger partial charge in [-0.25, -0.2) is 0 Å². The van der Waals surface area contributed by atoms with Crippen molar-refractivity contribution in [3.05, 3.63) is 106 Å². The fraction of sp³-hybridized carbons (Fsp3) is 0.257. The number of fused-ring (bicyclic) bond motifs is 4. The molecule has 2 aliphatic rings. The first kappa shape index (κ1) is 32.8. The molecule has 1 atom stereocenters. The number of hydrogen-bond donors (Lipinski definition) is 0. The average molecular weight is 755 g/mol. The fourth-order valence-electron chi connectivity index (χ4n) is 6.92. The van der Waals surface area contributed by atoms with Crippen LogP contribution in [0, 0.1) is 5.92 Å². The molecule has 1 aliphatic heterocycles. The molecule has 234 valence electrons. The molecule has 1 heterocycles. The predicted octanol–water partition coefficient (Wildman–Crippen LogP) is 9.50. The number of allylic oxidation sites excluding steroid dienone is 1. The second kappa shape index (κ2) is 11.5. The van der Waals surface area contributed by atoms with Crippen LogP contribution in [0.25, 0.3) is 28.3 Å². The van der Waals surface area contributed by atoms with E-state index >= 15 is 0 Å². The quantitative estimate of drug-likeness (QED) is 0.124. The molecule has 0 saturated heterocycles. The third kappa shape index (κ3) is 5.72. The SMILES string of the molecule is CC(C)C1=Cc2c(ccc(C(C)C)c2-c2cc(C(F)(F)F)cc(C(F)(F)F)c2)[CH]1[Zr]([Cl])([Cl])[c]1cccc2c1[SiH2]c1ccccc1-2. The van der Waals surface area contributed by atoms with E-state index in [9.17, 15) is 26.3 Å². The average Bonchev–Trinajstić information content (AvgIpc) is 3.55. The zero-order valence-corrected chi connectivity index (χ0v) is 30.4. The van der Waals surface area contributed by atoms with Crippen molar-refractivity contribution in [1.29, 1.82) is 0 Å². The van der Waals surface area contributed by atoms with Gasteiger partial charge in [0, 0.05) is 0 Å². The van der Waals surface area contributed by atoms with Crippen molar-refractivity contribution in [2.24, 2.45) is 5.92 Å². The minimum absolute atomic E-state index is 0.00947. The summed E-state index contributed by atoms with van der Waals surface area (Å²) in [5.41, 5.74) is 2.95. The summed E-state index contributed by atoms with van der Waals surface area (Å²) in [6, 6.07) is 20.1. The predicted molar refractivity (Wildman–Crippen MR) is 173 cm³/mol. The van der Waals surface area contributed by atoms with E-state index in [1.807, 2.05) is 70.2 Å². The van der Waals surface area contributed by atoms with Crippen LogP contribution in [0.4, 0.5) is 26.3 Å². The van der Waals surface area contributed by atoms with E-state index in [-0.39, 0.29) is 27.1 Å². The van der Waals surface area contributed by atoms with Gasteiger partial charge in [0.2, 0.25) is 0 Å². The van der Waals surface area contributed by atoms with E-state index in [0.29, 0.717) is 16.7 Å². The first-order valence-corrected chi connectivity index (χ1v) is 25.2. The third-order valence-electron chi connectivity index (χ3n) is 9.00. The zero-order valence-electron chi connectivity index (χ0n) is 25.0. The van der Waals surface area contributed by atoms with Crippen LogP contribution in [-0.2, 0) is 30.2 Å². The van der Waals surface area contributed by atoms with Crippen LogP contribution in [0.2, 0.25) is 0 Å². The Morgan fingerprint density at radius 1 is 0.733 bits per heavy atom. The summed E-state index contributed by atoms with van der Waals surface area (Å²) in [7, 11) is 14.5. The Morgan fingerprint density at radius 3 is 1.96 bits per heavy atom. The van der Waals surface area contributed by atoms with Gasteiger partial charge in [-0.15, -0.1) is 0 Å². The van der Waals surface area contributed by atoms with Gasteiger partial charge in [0.25, 0.3) is 0 Å². The van der Waals surface area contributed by atoms with Crippen molar-refractivity contribution in [3.63, 3.8) is 0 Å². The number of halogens is 8. The Bertz CT molecular complexity index is 1820. The maximum atomic E-state index is 14.0. The van der Waals surface area contributed by atoms with Crippen LogP contribution in [-0.4, -0.2) is 9.52 Å². The van der Waals surface area contributed by atoms with Crippen molar-refractivity contribution in [1.82, 2.24) is 0 Å². The molecule has 0 radical (unpaired) electrons. The molecule has 1 unspecified atom stereocenters. The maximum absolute atomic E-state index is 14.0. The van der Waals surface area contributed by atoms with Crippen LogP contribution in [0.15, 0.2) is 78.4 Å². The molecular weight excluding hydrogens is 725 g/mol. The summed E-state index contributed by atoms with van der Waals surface area (Å²) in [4.78, 5) is 0. The van der Waals surface area contributed by atoms with Gasteiger partial charge in [-0.05, 0) is 0 Å². The molecule has 0 nitrogen and oxygen atoms in total. The molecule has 0 spiro atoms. The standard InChI is InChI=1S/C23H21F6.C12H9Si.2ClH.Zr/c1-12(2)15-7-14-5-6-19(13(3)4)21(20(14)10-15)16-8-17(22(24,25)26)11-18(9-16)23(27,28)29;1-3-7-11-9(5-1)10-6-2-4-8-12(10)13-11;;;/h5-13H,1-4H3;1-7H,13H2;2*1H;/q;;;;+2/p-2. The Hall–Kier alpha value is -2.12. The third-order valence-corrected chi connectivity index (χ3v) is 23.3.